The Hall–Kier alpha value is -0.990. The topological polar surface area (TPSA) is 64.5 Å². The Kier molecular flexibility index (Phi) is 5.29. The number of nitriles is 1. The molecule has 4 nitrogen and oxygen atoms in total. The highest BCUT2D eigenvalue weighted by Crippen LogP contribution is 2.38. The summed E-state index contributed by atoms with van der Waals surface area (Å²) in [5.74, 6) is 1.50. The second-order valence-electron chi connectivity index (χ2n) is 5.13. The van der Waals surface area contributed by atoms with Crippen molar-refractivity contribution < 1.29 is 0 Å². The van der Waals surface area contributed by atoms with Gasteiger partial charge in [0.05, 0.1) is 6.07 Å². The van der Waals surface area contributed by atoms with Crippen molar-refractivity contribution in [3.63, 3.8) is 0 Å². The highest BCUT2D eigenvalue weighted by molar-refractivity contribution is 7.99. The number of rotatable bonds is 7. The minimum atomic E-state index is -0.278. The molecule has 1 heterocycles. The molecule has 0 bridgehead atoms. The van der Waals surface area contributed by atoms with Gasteiger partial charge in [-0.3, -0.25) is 5.32 Å². The molecule has 19 heavy (non-hydrogen) atoms. The molecule has 2 rings (SSSR count). The zero-order valence-corrected chi connectivity index (χ0v) is 12.3. The fourth-order valence-electron chi connectivity index (χ4n) is 2.86. The zero-order valence-electron chi connectivity index (χ0n) is 11.5. The van der Waals surface area contributed by atoms with E-state index >= 15 is 0 Å². The molecule has 2 unspecified atom stereocenters. The van der Waals surface area contributed by atoms with E-state index in [1.165, 1.54) is 12.8 Å². The van der Waals surface area contributed by atoms with Crippen LogP contribution in [0.4, 0.5) is 0 Å². The van der Waals surface area contributed by atoms with Crippen molar-refractivity contribution in [3.05, 3.63) is 12.4 Å². The van der Waals surface area contributed by atoms with Gasteiger partial charge >= 0.3 is 0 Å². The highest BCUT2D eigenvalue weighted by atomic mass is 32.2. The van der Waals surface area contributed by atoms with E-state index in [0.717, 1.165) is 36.7 Å². The molecule has 2 N–H and O–H groups in total. The molecule has 1 saturated carbocycles. The summed E-state index contributed by atoms with van der Waals surface area (Å²) in [5, 5.41) is 14.0. The Labute approximate surface area is 119 Å². The number of hydrogen-bond donors (Lipinski definition) is 2. The number of imidazole rings is 1. The Bertz CT molecular complexity index is 412. The zero-order chi connectivity index (χ0) is 13.6. The third kappa shape index (κ3) is 3.52. The van der Waals surface area contributed by atoms with Crippen molar-refractivity contribution >= 4 is 11.8 Å². The molecule has 5 heteroatoms. The lowest BCUT2D eigenvalue weighted by atomic mass is 9.86. The van der Waals surface area contributed by atoms with Crippen molar-refractivity contribution in [2.24, 2.45) is 5.92 Å². The van der Waals surface area contributed by atoms with Gasteiger partial charge in [0.15, 0.2) is 5.16 Å². The van der Waals surface area contributed by atoms with E-state index < -0.39 is 0 Å². The predicted molar refractivity (Wildman–Crippen MR) is 77.9 cm³/mol. The van der Waals surface area contributed by atoms with E-state index in [9.17, 15) is 5.26 Å². The molecule has 1 aromatic rings. The molecule has 104 valence electrons. The Morgan fingerprint density at radius 2 is 2.58 bits per heavy atom. The Morgan fingerprint density at radius 1 is 1.68 bits per heavy atom. The van der Waals surface area contributed by atoms with Crippen LogP contribution in [0.15, 0.2) is 17.6 Å². The van der Waals surface area contributed by atoms with Gasteiger partial charge in [-0.1, -0.05) is 25.1 Å². The fourth-order valence-corrected chi connectivity index (χ4v) is 3.75. The van der Waals surface area contributed by atoms with Gasteiger partial charge in [-0.2, -0.15) is 5.26 Å². The van der Waals surface area contributed by atoms with Crippen molar-refractivity contribution in [2.75, 3.05) is 12.3 Å². The van der Waals surface area contributed by atoms with Gasteiger partial charge in [-0.05, 0) is 38.1 Å². The Balaban J connectivity index is 1.85. The van der Waals surface area contributed by atoms with E-state index in [4.69, 9.17) is 0 Å². The summed E-state index contributed by atoms with van der Waals surface area (Å²) < 4.78 is 0. The van der Waals surface area contributed by atoms with Crippen LogP contribution < -0.4 is 5.32 Å². The summed E-state index contributed by atoms with van der Waals surface area (Å²) in [6.07, 6.45) is 9.12. The van der Waals surface area contributed by atoms with Crippen LogP contribution in [-0.2, 0) is 0 Å². The average Bonchev–Trinajstić information content (AvgIpc) is 3.07. The normalized spacial score (nSPS) is 26.4. The van der Waals surface area contributed by atoms with Gasteiger partial charge in [0, 0.05) is 18.1 Å². The molecule has 0 spiro atoms. The monoisotopic (exact) mass is 278 g/mol. The molecule has 1 aliphatic rings. The molecule has 0 saturated heterocycles. The number of aromatic amines is 1. The van der Waals surface area contributed by atoms with Gasteiger partial charge in [0.2, 0.25) is 0 Å². The molecule has 0 aromatic carbocycles. The number of thioether (sulfide) groups is 1. The summed E-state index contributed by atoms with van der Waals surface area (Å²) in [4.78, 5) is 7.32. The second kappa shape index (κ2) is 6.97. The first-order valence-corrected chi connectivity index (χ1v) is 8.08. The standard InChI is InChI=1S/C14H22N4S/c1-2-7-18-14(11-15)6-3-4-12(14)5-10-19-13-16-8-9-17-13/h8-9,12,18H,2-7,10H2,1H3,(H,16,17). The number of hydrogen-bond acceptors (Lipinski definition) is 4. The first kappa shape index (κ1) is 14.4. The summed E-state index contributed by atoms with van der Waals surface area (Å²) in [6.45, 7) is 3.09. The van der Waals surface area contributed by atoms with Gasteiger partial charge in [0.25, 0.3) is 0 Å². The van der Waals surface area contributed by atoms with Crippen LogP contribution in [0.1, 0.15) is 39.0 Å². The van der Waals surface area contributed by atoms with Crippen LogP contribution in [0.2, 0.25) is 0 Å². The van der Waals surface area contributed by atoms with Crippen LogP contribution in [0, 0.1) is 17.2 Å². The van der Waals surface area contributed by atoms with Crippen LogP contribution in [0.25, 0.3) is 0 Å². The molecule has 1 aromatic heterocycles. The van der Waals surface area contributed by atoms with Crippen LogP contribution in [0.3, 0.4) is 0 Å². The Morgan fingerprint density at radius 3 is 3.26 bits per heavy atom. The van der Waals surface area contributed by atoms with E-state index in [0.29, 0.717) is 5.92 Å². The summed E-state index contributed by atoms with van der Waals surface area (Å²) >= 11 is 1.75. The van der Waals surface area contributed by atoms with Crippen molar-refractivity contribution in [2.45, 2.75) is 49.7 Å². The van der Waals surface area contributed by atoms with Gasteiger partial charge in [-0.25, -0.2) is 4.98 Å². The maximum absolute atomic E-state index is 9.56. The first-order chi connectivity index (χ1) is 9.30. The first-order valence-electron chi connectivity index (χ1n) is 7.09. The van der Waals surface area contributed by atoms with Crippen molar-refractivity contribution in [1.29, 1.82) is 5.26 Å². The van der Waals surface area contributed by atoms with Crippen LogP contribution >= 0.6 is 11.8 Å². The van der Waals surface area contributed by atoms with E-state index in [1.807, 2.05) is 6.20 Å². The lowest BCUT2D eigenvalue weighted by Gasteiger charge is -2.29. The van der Waals surface area contributed by atoms with E-state index in [1.54, 1.807) is 18.0 Å². The van der Waals surface area contributed by atoms with Crippen LogP contribution in [0.5, 0.6) is 0 Å². The number of nitrogens with one attached hydrogen (secondary N) is 2. The largest absolute Gasteiger partial charge is 0.340 e. The molecule has 1 aliphatic carbocycles. The minimum absolute atomic E-state index is 0.278. The number of aromatic nitrogens is 2. The van der Waals surface area contributed by atoms with Crippen LogP contribution in [-0.4, -0.2) is 27.8 Å². The molecule has 2 atom stereocenters. The highest BCUT2D eigenvalue weighted by Gasteiger charge is 2.42. The SMILES string of the molecule is CCCNC1(C#N)CCCC1CCSc1ncc[nH]1. The maximum Gasteiger partial charge on any atom is 0.165 e. The minimum Gasteiger partial charge on any atom is -0.340 e. The van der Waals surface area contributed by atoms with Crippen molar-refractivity contribution in [1.82, 2.24) is 15.3 Å². The lowest BCUT2D eigenvalue weighted by molar-refractivity contribution is 0.311. The molecular weight excluding hydrogens is 256 g/mol. The third-order valence-electron chi connectivity index (χ3n) is 3.89. The molecule has 0 amide bonds. The van der Waals surface area contributed by atoms with Gasteiger partial charge in [0.1, 0.15) is 5.54 Å². The summed E-state index contributed by atoms with van der Waals surface area (Å²) in [6, 6.07) is 2.56. The van der Waals surface area contributed by atoms with Gasteiger partial charge < -0.3 is 4.98 Å². The lowest BCUT2D eigenvalue weighted by Crippen LogP contribution is -2.47. The van der Waals surface area contributed by atoms with E-state index in [-0.39, 0.29) is 5.54 Å². The number of nitrogens with zero attached hydrogens (tertiary/aromatic N) is 2. The summed E-state index contributed by atoms with van der Waals surface area (Å²) in [5.41, 5.74) is -0.278. The molecule has 0 aliphatic heterocycles. The predicted octanol–water partition coefficient (Wildman–Crippen LogP) is 2.95. The third-order valence-corrected chi connectivity index (χ3v) is 4.83. The van der Waals surface area contributed by atoms with E-state index in [2.05, 4.69) is 28.3 Å². The maximum atomic E-state index is 9.56. The quantitative estimate of drug-likeness (QED) is 0.753. The fraction of sp³-hybridized carbons (Fsp3) is 0.714. The second-order valence-corrected chi connectivity index (χ2v) is 6.21. The molecular formula is C14H22N4S. The smallest absolute Gasteiger partial charge is 0.165 e. The molecule has 0 radical (unpaired) electrons. The van der Waals surface area contributed by atoms with Crippen molar-refractivity contribution in [3.8, 4) is 6.07 Å². The average molecular weight is 278 g/mol. The van der Waals surface area contributed by atoms with Gasteiger partial charge in [-0.15, -0.1) is 0 Å². The molecule has 1 fully saturated rings. The number of H-pyrrole nitrogens is 1. The summed E-state index contributed by atoms with van der Waals surface area (Å²) in [7, 11) is 0.